The van der Waals surface area contributed by atoms with E-state index >= 15 is 0 Å². The Balaban J connectivity index is 1.18. The fourth-order valence-corrected chi connectivity index (χ4v) is 4.51. The molecule has 0 heterocycles. The molecular formula is C21H28N2O2. The van der Waals surface area contributed by atoms with E-state index in [4.69, 9.17) is 0 Å². The Morgan fingerprint density at radius 1 is 1.16 bits per heavy atom. The fourth-order valence-electron chi connectivity index (χ4n) is 4.51. The van der Waals surface area contributed by atoms with Crippen molar-refractivity contribution < 1.29 is 9.59 Å². The number of aryl methyl sites for hydroxylation is 1. The van der Waals surface area contributed by atoms with Crippen molar-refractivity contribution in [1.82, 2.24) is 10.6 Å². The fraction of sp³-hybridized carbons (Fsp3) is 0.619. The average molecular weight is 340 g/mol. The number of amides is 2. The first-order chi connectivity index (χ1) is 12.2. The molecule has 1 spiro atoms. The average Bonchev–Trinajstić information content (AvgIpc) is 3.53. The molecule has 25 heavy (non-hydrogen) atoms. The molecule has 1 aromatic carbocycles. The Morgan fingerprint density at radius 2 is 2.00 bits per heavy atom. The summed E-state index contributed by atoms with van der Waals surface area (Å²) in [6.07, 6.45) is 8.21. The smallest absolute Gasteiger partial charge is 0.223 e. The second-order valence-electron chi connectivity index (χ2n) is 8.04. The number of carbonyl (C=O) groups is 2. The lowest BCUT2D eigenvalue weighted by molar-refractivity contribution is -0.123. The Kier molecular flexibility index (Phi) is 4.53. The van der Waals surface area contributed by atoms with Crippen LogP contribution in [-0.2, 0) is 21.4 Å². The molecule has 4 rings (SSSR count). The van der Waals surface area contributed by atoms with Crippen molar-refractivity contribution in [2.24, 2.45) is 11.8 Å². The van der Waals surface area contributed by atoms with Gasteiger partial charge in [-0.15, -0.1) is 0 Å². The quantitative estimate of drug-likeness (QED) is 0.750. The lowest BCUT2D eigenvalue weighted by Gasteiger charge is -2.26. The van der Waals surface area contributed by atoms with Gasteiger partial charge in [0.25, 0.3) is 0 Å². The third-order valence-electron chi connectivity index (χ3n) is 6.23. The van der Waals surface area contributed by atoms with Crippen molar-refractivity contribution >= 4 is 11.8 Å². The monoisotopic (exact) mass is 340 g/mol. The summed E-state index contributed by atoms with van der Waals surface area (Å²) >= 11 is 0. The highest BCUT2D eigenvalue weighted by Gasteiger charge is 2.56. The van der Waals surface area contributed by atoms with E-state index in [-0.39, 0.29) is 17.7 Å². The summed E-state index contributed by atoms with van der Waals surface area (Å²) in [5.41, 5.74) is 3.37. The number of nitrogens with one attached hydrogen (secondary N) is 2. The molecule has 3 aliphatic rings. The van der Waals surface area contributed by atoms with Crippen LogP contribution in [0.25, 0.3) is 0 Å². The molecule has 1 aromatic rings. The molecule has 2 fully saturated rings. The second-order valence-corrected chi connectivity index (χ2v) is 8.04. The van der Waals surface area contributed by atoms with Gasteiger partial charge in [0.15, 0.2) is 0 Å². The van der Waals surface area contributed by atoms with E-state index in [1.165, 1.54) is 36.8 Å². The molecule has 2 N–H and O–H groups in total. The largest absolute Gasteiger partial charge is 0.356 e. The van der Waals surface area contributed by atoms with Gasteiger partial charge in [0.05, 0.1) is 0 Å². The number of carbonyl (C=O) groups excluding carboxylic acids is 2. The first-order valence-corrected chi connectivity index (χ1v) is 9.82. The van der Waals surface area contributed by atoms with Crippen LogP contribution < -0.4 is 10.6 Å². The van der Waals surface area contributed by atoms with Gasteiger partial charge in [0.2, 0.25) is 11.8 Å². The van der Waals surface area contributed by atoms with Gasteiger partial charge in [-0.25, -0.2) is 0 Å². The zero-order valence-corrected chi connectivity index (χ0v) is 14.9. The van der Waals surface area contributed by atoms with Gasteiger partial charge in [0.1, 0.15) is 0 Å². The number of fused-ring (bicyclic) bond motifs is 2. The SMILES string of the molecule is O=C(CCCNC(=O)C1CC1)NCC1CC12CCCc1ccccc12. The number of rotatable bonds is 7. The Hall–Kier alpha value is -1.84. The molecule has 0 aliphatic heterocycles. The standard InChI is InChI=1S/C21H28N2O2/c24-19(8-4-12-22-20(25)16-9-10-16)23-14-17-13-21(17)11-3-6-15-5-1-2-7-18(15)21/h1-2,5,7,16-17H,3-4,6,8-14H2,(H,22,25)(H,23,24). The predicted octanol–water partition coefficient (Wildman–Crippen LogP) is 2.70. The van der Waals surface area contributed by atoms with E-state index in [1.54, 1.807) is 0 Å². The Morgan fingerprint density at radius 3 is 2.84 bits per heavy atom. The molecule has 134 valence electrons. The van der Waals surface area contributed by atoms with Gasteiger partial charge in [-0.1, -0.05) is 24.3 Å². The van der Waals surface area contributed by atoms with Crippen LogP contribution in [0, 0.1) is 11.8 Å². The number of hydrogen-bond acceptors (Lipinski definition) is 2. The van der Waals surface area contributed by atoms with Gasteiger partial charge < -0.3 is 10.6 Å². The summed E-state index contributed by atoms with van der Waals surface area (Å²) in [5, 5.41) is 6.03. The number of benzene rings is 1. The number of hydrogen-bond donors (Lipinski definition) is 2. The molecule has 0 bridgehead atoms. The van der Waals surface area contributed by atoms with Crippen LogP contribution in [0.1, 0.15) is 56.1 Å². The van der Waals surface area contributed by atoms with Crippen LogP contribution >= 0.6 is 0 Å². The zero-order chi connectivity index (χ0) is 17.3. The molecule has 4 nitrogen and oxygen atoms in total. The molecule has 4 heteroatoms. The van der Waals surface area contributed by atoms with Crippen LogP contribution in [0.5, 0.6) is 0 Å². The normalized spacial score (nSPS) is 26.8. The maximum Gasteiger partial charge on any atom is 0.223 e. The maximum atomic E-state index is 12.1. The van der Waals surface area contributed by atoms with Crippen molar-refractivity contribution in [2.75, 3.05) is 13.1 Å². The van der Waals surface area contributed by atoms with Gasteiger partial charge in [-0.2, -0.15) is 0 Å². The van der Waals surface area contributed by atoms with E-state index in [1.807, 2.05) is 0 Å². The van der Waals surface area contributed by atoms with Crippen molar-refractivity contribution in [3.05, 3.63) is 35.4 Å². The summed E-state index contributed by atoms with van der Waals surface area (Å²) < 4.78 is 0. The van der Waals surface area contributed by atoms with E-state index in [2.05, 4.69) is 34.9 Å². The van der Waals surface area contributed by atoms with E-state index in [0.29, 0.717) is 24.3 Å². The molecule has 0 saturated heterocycles. The molecular weight excluding hydrogens is 312 g/mol. The van der Waals surface area contributed by atoms with E-state index in [9.17, 15) is 9.59 Å². The summed E-state index contributed by atoms with van der Waals surface area (Å²) in [6.45, 7) is 1.41. The van der Waals surface area contributed by atoms with Crippen LogP contribution in [0.2, 0.25) is 0 Å². The first-order valence-electron chi connectivity index (χ1n) is 9.82. The molecule has 2 unspecified atom stereocenters. The molecule has 0 aromatic heterocycles. The van der Waals surface area contributed by atoms with Crippen LogP contribution in [0.3, 0.4) is 0 Å². The van der Waals surface area contributed by atoms with Crippen molar-refractivity contribution in [1.29, 1.82) is 0 Å². The lowest BCUT2D eigenvalue weighted by Crippen LogP contribution is -2.30. The minimum Gasteiger partial charge on any atom is -0.356 e. The van der Waals surface area contributed by atoms with Crippen molar-refractivity contribution in [3.63, 3.8) is 0 Å². The van der Waals surface area contributed by atoms with Gasteiger partial charge in [0, 0.05) is 30.8 Å². The third-order valence-corrected chi connectivity index (χ3v) is 6.23. The Bertz CT molecular complexity index is 668. The van der Waals surface area contributed by atoms with Crippen LogP contribution in [-0.4, -0.2) is 24.9 Å². The van der Waals surface area contributed by atoms with E-state index in [0.717, 1.165) is 25.8 Å². The second kappa shape index (κ2) is 6.81. The summed E-state index contributed by atoms with van der Waals surface area (Å²) in [5.74, 6) is 1.12. The third kappa shape index (κ3) is 3.58. The molecule has 0 radical (unpaired) electrons. The summed E-state index contributed by atoms with van der Waals surface area (Å²) in [6, 6.07) is 8.84. The van der Waals surface area contributed by atoms with E-state index < -0.39 is 0 Å². The van der Waals surface area contributed by atoms with Crippen LogP contribution in [0.4, 0.5) is 0 Å². The van der Waals surface area contributed by atoms with Crippen molar-refractivity contribution in [2.45, 2.75) is 56.8 Å². The minimum atomic E-state index is 0.117. The van der Waals surface area contributed by atoms with Gasteiger partial charge >= 0.3 is 0 Å². The minimum absolute atomic E-state index is 0.117. The first kappa shape index (κ1) is 16.6. The lowest BCUT2D eigenvalue weighted by atomic mass is 9.78. The molecule has 2 atom stereocenters. The highest BCUT2D eigenvalue weighted by Crippen LogP contribution is 2.59. The molecule has 2 saturated carbocycles. The summed E-state index contributed by atoms with van der Waals surface area (Å²) in [7, 11) is 0. The Labute approximate surface area is 149 Å². The topological polar surface area (TPSA) is 58.2 Å². The maximum absolute atomic E-state index is 12.1. The van der Waals surface area contributed by atoms with Gasteiger partial charge in [-0.05, 0) is 62.0 Å². The zero-order valence-electron chi connectivity index (χ0n) is 14.9. The summed E-state index contributed by atoms with van der Waals surface area (Å²) in [4.78, 5) is 23.6. The molecule has 2 amide bonds. The van der Waals surface area contributed by atoms with Gasteiger partial charge in [-0.3, -0.25) is 9.59 Å². The van der Waals surface area contributed by atoms with Crippen LogP contribution in [0.15, 0.2) is 24.3 Å². The highest BCUT2D eigenvalue weighted by atomic mass is 16.2. The predicted molar refractivity (Wildman–Crippen MR) is 97.1 cm³/mol. The molecule has 3 aliphatic carbocycles. The van der Waals surface area contributed by atoms with Crippen molar-refractivity contribution in [3.8, 4) is 0 Å². The highest BCUT2D eigenvalue weighted by molar-refractivity contribution is 5.81.